The molecular weight excluding hydrogens is 329 g/mol. The van der Waals surface area contributed by atoms with Gasteiger partial charge in [0, 0.05) is 6.54 Å². The second-order valence-electron chi connectivity index (χ2n) is 6.47. The molecule has 0 aromatic heterocycles. The lowest BCUT2D eigenvalue weighted by Gasteiger charge is -2.42. The summed E-state index contributed by atoms with van der Waals surface area (Å²) in [4.78, 5) is 11.1. The van der Waals surface area contributed by atoms with Crippen LogP contribution in [0.25, 0.3) is 0 Å². The first kappa shape index (κ1) is 19.0. The van der Waals surface area contributed by atoms with E-state index in [1.54, 1.807) is 18.2 Å². The van der Waals surface area contributed by atoms with Crippen molar-refractivity contribution in [3.8, 4) is 0 Å². The monoisotopic (exact) mass is 353 g/mol. The van der Waals surface area contributed by atoms with Crippen LogP contribution in [0.5, 0.6) is 0 Å². The lowest BCUT2D eigenvalue weighted by molar-refractivity contribution is -0.106. The van der Waals surface area contributed by atoms with Gasteiger partial charge >= 0.3 is 5.97 Å². The second-order valence-corrected chi connectivity index (χ2v) is 7.43. The van der Waals surface area contributed by atoms with Gasteiger partial charge in [-0.15, -0.1) is 0 Å². The Balaban J connectivity index is 2.11. The van der Waals surface area contributed by atoms with Gasteiger partial charge in [-0.3, -0.25) is 4.57 Å². The predicted molar refractivity (Wildman–Crippen MR) is 90.6 cm³/mol. The molecule has 1 aliphatic rings. The van der Waals surface area contributed by atoms with E-state index in [1.165, 1.54) is 0 Å². The second kappa shape index (κ2) is 7.70. The molecule has 132 valence electrons. The lowest BCUT2D eigenvalue weighted by Crippen LogP contribution is -2.58. The lowest BCUT2D eigenvalue weighted by atomic mass is 9.89. The average molecular weight is 353 g/mol. The number of benzene rings is 1. The molecule has 1 aliphatic heterocycles. The summed E-state index contributed by atoms with van der Waals surface area (Å²) in [6, 6.07) is 6.71. The van der Waals surface area contributed by atoms with E-state index in [-0.39, 0.29) is 20.6 Å². The summed E-state index contributed by atoms with van der Waals surface area (Å²) in [7, 11) is -0.334. The van der Waals surface area contributed by atoms with Gasteiger partial charge in [0.1, 0.15) is 6.10 Å². The van der Waals surface area contributed by atoms with Crippen molar-refractivity contribution in [2.75, 3.05) is 13.2 Å². The van der Waals surface area contributed by atoms with E-state index in [0.29, 0.717) is 13.0 Å². The Kier molecular flexibility index (Phi) is 6.10. The molecule has 1 fully saturated rings. The predicted octanol–water partition coefficient (Wildman–Crippen LogP) is 2.76. The number of morpholine rings is 1. The smallest absolute Gasteiger partial charge is 0.335 e. The first-order valence-corrected chi connectivity index (χ1v) is 8.93. The van der Waals surface area contributed by atoms with Gasteiger partial charge in [0.15, 0.2) is 13.8 Å². The van der Waals surface area contributed by atoms with Gasteiger partial charge in [-0.25, -0.2) is 4.79 Å². The Hall–Kier alpha value is -1.33. The SMILES string of the molecule is CCCCC(O)(P=O)[C@H]1CN[C@](C)(c2cccc(C(=O)O)c2)CO1. The van der Waals surface area contributed by atoms with E-state index < -0.39 is 23.0 Å². The van der Waals surface area contributed by atoms with Crippen molar-refractivity contribution in [2.45, 2.75) is 50.1 Å². The molecule has 24 heavy (non-hydrogen) atoms. The quantitative estimate of drug-likeness (QED) is 0.653. The normalized spacial score (nSPS) is 26.9. The highest BCUT2D eigenvalue weighted by Crippen LogP contribution is 2.35. The van der Waals surface area contributed by atoms with Gasteiger partial charge in [-0.1, -0.05) is 25.5 Å². The third-order valence-corrected chi connectivity index (χ3v) is 5.40. The number of carbonyl (C=O) groups is 1. The molecule has 1 saturated heterocycles. The number of unbranched alkanes of at least 4 members (excludes halogenated alkanes) is 1. The van der Waals surface area contributed by atoms with Crippen LogP contribution in [-0.4, -0.2) is 40.8 Å². The number of aromatic carboxylic acids is 1. The van der Waals surface area contributed by atoms with Crippen LogP contribution in [0, 0.1) is 0 Å². The number of rotatable bonds is 7. The number of aliphatic hydroxyl groups is 1. The van der Waals surface area contributed by atoms with Crippen molar-refractivity contribution in [1.82, 2.24) is 5.32 Å². The highest BCUT2D eigenvalue weighted by Gasteiger charge is 2.44. The highest BCUT2D eigenvalue weighted by atomic mass is 31.1. The summed E-state index contributed by atoms with van der Waals surface area (Å²) < 4.78 is 17.3. The summed E-state index contributed by atoms with van der Waals surface area (Å²) in [5, 5.41) is 21.6. The van der Waals surface area contributed by atoms with E-state index in [0.717, 1.165) is 18.4 Å². The van der Waals surface area contributed by atoms with Crippen LogP contribution >= 0.6 is 8.46 Å². The molecule has 0 spiro atoms. The Morgan fingerprint density at radius 3 is 2.83 bits per heavy atom. The van der Waals surface area contributed by atoms with Crippen LogP contribution in [0.15, 0.2) is 24.3 Å². The zero-order chi connectivity index (χ0) is 17.8. The van der Waals surface area contributed by atoms with E-state index in [1.807, 2.05) is 19.9 Å². The van der Waals surface area contributed by atoms with Crippen molar-refractivity contribution < 1.29 is 24.3 Å². The molecule has 0 amide bonds. The standard InChI is InChI=1S/C17H24NO5P/c1-3-4-8-17(21,24-22)14-10-18-16(2,11-23-14)13-7-5-6-12(9-13)15(19)20/h5-7,9,14,18,21H,3-4,8,10-11H2,1-2H3,(H,19,20)/t14-,16+,17?/m1/s1. The van der Waals surface area contributed by atoms with Crippen molar-refractivity contribution in [2.24, 2.45) is 0 Å². The van der Waals surface area contributed by atoms with Crippen LogP contribution in [0.3, 0.4) is 0 Å². The molecule has 0 bridgehead atoms. The zero-order valence-electron chi connectivity index (χ0n) is 14.0. The summed E-state index contributed by atoms with van der Waals surface area (Å²) in [6.45, 7) is 4.52. The minimum atomic E-state index is -1.40. The first-order chi connectivity index (χ1) is 11.3. The molecule has 1 unspecified atom stereocenters. The summed E-state index contributed by atoms with van der Waals surface area (Å²) >= 11 is 0. The van der Waals surface area contributed by atoms with Crippen LogP contribution in [0.1, 0.15) is 49.0 Å². The topological polar surface area (TPSA) is 95.9 Å². The highest BCUT2D eigenvalue weighted by molar-refractivity contribution is 7.25. The zero-order valence-corrected chi connectivity index (χ0v) is 14.9. The maximum atomic E-state index is 11.5. The van der Waals surface area contributed by atoms with E-state index in [2.05, 4.69) is 5.32 Å². The van der Waals surface area contributed by atoms with E-state index in [9.17, 15) is 14.5 Å². The Morgan fingerprint density at radius 2 is 2.29 bits per heavy atom. The number of ether oxygens (including phenoxy) is 1. The number of hydrogen-bond donors (Lipinski definition) is 3. The fourth-order valence-corrected chi connectivity index (χ4v) is 3.41. The number of nitrogens with one attached hydrogen (secondary N) is 1. The van der Waals surface area contributed by atoms with Crippen molar-refractivity contribution >= 4 is 14.4 Å². The van der Waals surface area contributed by atoms with Gasteiger partial charge < -0.3 is 20.3 Å². The third kappa shape index (κ3) is 4.01. The molecule has 2 rings (SSSR count). The maximum Gasteiger partial charge on any atom is 0.335 e. The molecule has 1 heterocycles. The number of carboxylic acid groups (broad SMARTS) is 1. The Morgan fingerprint density at radius 1 is 1.54 bits per heavy atom. The molecule has 6 nitrogen and oxygen atoms in total. The molecule has 0 radical (unpaired) electrons. The van der Waals surface area contributed by atoms with Gasteiger partial charge in [-0.2, -0.15) is 0 Å². The van der Waals surface area contributed by atoms with Crippen LogP contribution in [-0.2, 0) is 14.8 Å². The minimum Gasteiger partial charge on any atom is -0.478 e. The summed E-state index contributed by atoms with van der Waals surface area (Å²) in [5.41, 5.74) is 0.459. The average Bonchev–Trinajstić information content (AvgIpc) is 2.60. The molecule has 7 heteroatoms. The van der Waals surface area contributed by atoms with Gasteiger partial charge in [-0.05, 0) is 37.5 Å². The van der Waals surface area contributed by atoms with Crippen molar-refractivity contribution in [1.29, 1.82) is 0 Å². The van der Waals surface area contributed by atoms with E-state index >= 15 is 0 Å². The molecule has 0 saturated carbocycles. The van der Waals surface area contributed by atoms with Crippen molar-refractivity contribution in [3.63, 3.8) is 0 Å². The van der Waals surface area contributed by atoms with Crippen LogP contribution in [0.4, 0.5) is 0 Å². The van der Waals surface area contributed by atoms with Gasteiger partial charge in [0.25, 0.3) is 0 Å². The van der Waals surface area contributed by atoms with Crippen LogP contribution < -0.4 is 5.32 Å². The molecule has 3 atom stereocenters. The van der Waals surface area contributed by atoms with E-state index in [4.69, 9.17) is 9.84 Å². The fraction of sp³-hybridized carbons (Fsp3) is 0.588. The first-order valence-electron chi connectivity index (χ1n) is 8.12. The molecule has 0 aliphatic carbocycles. The fourth-order valence-electron chi connectivity index (χ4n) is 2.88. The minimum absolute atomic E-state index is 0.218. The van der Waals surface area contributed by atoms with Crippen molar-refractivity contribution in [3.05, 3.63) is 35.4 Å². The van der Waals surface area contributed by atoms with Gasteiger partial charge in [0.2, 0.25) is 0 Å². The number of carboxylic acids is 1. The Bertz CT molecular complexity index is 600. The molecular formula is C17H24NO5P. The molecule has 1 aromatic rings. The summed E-state index contributed by atoms with van der Waals surface area (Å²) in [6.07, 6.45) is 1.51. The maximum absolute atomic E-state index is 11.5. The summed E-state index contributed by atoms with van der Waals surface area (Å²) in [5.74, 6) is -0.978. The molecule has 3 N–H and O–H groups in total. The molecule has 1 aromatic carbocycles. The largest absolute Gasteiger partial charge is 0.478 e. The van der Waals surface area contributed by atoms with Crippen LogP contribution in [0.2, 0.25) is 0 Å². The Labute approximate surface area is 143 Å². The number of hydrogen-bond acceptors (Lipinski definition) is 5. The third-order valence-electron chi connectivity index (χ3n) is 4.57. The van der Waals surface area contributed by atoms with Gasteiger partial charge in [0.05, 0.1) is 17.7 Å².